The maximum Gasteiger partial charge on any atom is 0.314 e. The fourth-order valence-corrected chi connectivity index (χ4v) is 2.26. The van der Waals surface area contributed by atoms with Crippen molar-refractivity contribution in [2.24, 2.45) is 17.3 Å². The van der Waals surface area contributed by atoms with Crippen LogP contribution in [0.25, 0.3) is 0 Å². The lowest BCUT2D eigenvalue weighted by atomic mass is 9.84. The number of amides is 2. The normalized spacial score (nSPS) is 16.6. The molecule has 0 spiro atoms. The lowest BCUT2D eigenvalue weighted by Crippen LogP contribution is -2.41. The summed E-state index contributed by atoms with van der Waals surface area (Å²) < 4.78 is 0. The van der Waals surface area contributed by atoms with E-state index in [0.29, 0.717) is 13.0 Å². The summed E-state index contributed by atoms with van der Waals surface area (Å²) in [5.41, 5.74) is -0.0640. The molecule has 5 nitrogen and oxygen atoms in total. The molecule has 0 aliphatic heterocycles. The molecule has 0 aromatic heterocycles. The van der Waals surface area contributed by atoms with Crippen LogP contribution < -0.4 is 10.6 Å². The summed E-state index contributed by atoms with van der Waals surface area (Å²) in [5, 5.41) is 14.6. The third-order valence-corrected chi connectivity index (χ3v) is 3.49. The van der Waals surface area contributed by atoms with Crippen molar-refractivity contribution in [3.05, 3.63) is 0 Å². The summed E-state index contributed by atoms with van der Waals surface area (Å²) in [6.45, 7) is 6.85. The minimum atomic E-state index is -0.853. The molecule has 1 unspecified atom stereocenters. The number of carboxylic acids is 1. The van der Waals surface area contributed by atoms with Crippen molar-refractivity contribution in [1.82, 2.24) is 10.6 Å². The zero-order valence-electron chi connectivity index (χ0n) is 12.9. The molecule has 0 saturated heterocycles. The number of rotatable bonds is 8. The molecule has 0 aromatic carbocycles. The second kappa shape index (κ2) is 7.50. The van der Waals surface area contributed by atoms with Gasteiger partial charge in [-0.3, -0.25) is 4.79 Å². The summed E-state index contributed by atoms with van der Waals surface area (Å²) in [6, 6.07) is -0.263. The first-order chi connectivity index (χ1) is 9.28. The Kier molecular flexibility index (Phi) is 6.30. The summed E-state index contributed by atoms with van der Waals surface area (Å²) >= 11 is 0. The number of carbonyl (C=O) groups excluding carboxylic acids is 1. The average molecular weight is 284 g/mol. The summed E-state index contributed by atoms with van der Waals surface area (Å²) in [5.74, 6) is -0.510. The van der Waals surface area contributed by atoms with Crippen LogP contribution in [0.4, 0.5) is 4.79 Å². The largest absolute Gasteiger partial charge is 0.481 e. The van der Waals surface area contributed by atoms with Gasteiger partial charge in [0, 0.05) is 13.1 Å². The van der Waals surface area contributed by atoms with Crippen LogP contribution in [0.15, 0.2) is 0 Å². The molecular weight excluding hydrogens is 256 g/mol. The van der Waals surface area contributed by atoms with Crippen molar-refractivity contribution in [3.63, 3.8) is 0 Å². The number of hydrogen-bond donors (Lipinski definition) is 3. The van der Waals surface area contributed by atoms with Crippen molar-refractivity contribution in [1.29, 1.82) is 0 Å². The van der Waals surface area contributed by atoms with Crippen LogP contribution in [0.3, 0.4) is 0 Å². The van der Waals surface area contributed by atoms with Crippen molar-refractivity contribution < 1.29 is 14.7 Å². The van der Waals surface area contributed by atoms with E-state index in [1.54, 1.807) is 0 Å². The molecular formula is C15H28N2O3. The first-order valence-electron chi connectivity index (χ1n) is 7.52. The van der Waals surface area contributed by atoms with Gasteiger partial charge in [0.05, 0.1) is 5.92 Å². The average Bonchev–Trinajstić information content (AvgIpc) is 3.12. The molecule has 5 heteroatoms. The number of carboxylic acid groups (broad SMARTS) is 1. The van der Waals surface area contributed by atoms with E-state index in [0.717, 1.165) is 12.3 Å². The van der Waals surface area contributed by atoms with Gasteiger partial charge in [0.15, 0.2) is 0 Å². The number of hydrogen-bond acceptors (Lipinski definition) is 2. The third-order valence-electron chi connectivity index (χ3n) is 3.49. The van der Waals surface area contributed by atoms with Gasteiger partial charge >= 0.3 is 12.0 Å². The Hall–Kier alpha value is -1.26. The Morgan fingerprint density at radius 3 is 2.40 bits per heavy atom. The highest BCUT2D eigenvalue weighted by atomic mass is 16.4. The smallest absolute Gasteiger partial charge is 0.314 e. The van der Waals surface area contributed by atoms with Gasteiger partial charge < -0.3 is 15.7 Å². The number of urea groups is 1. The molecule has 0 heterocycles. The molecule has 1 fully saturated rings. The minimum absolute atomic E-state index is 0.0640. The van der Waals surface area contributed by atoms with Gasteiger partial charge in [-0.2, -0.15) is 0 Å². The van der Waals surface area contributed by atoms with Crippen molar-refractivity contribution in [2.75, 3.05) is 13.1 Å². The quantitative estimate of drug-likeness (QED) is 0.599. The van der Waals surface area contributed by atoms with E-state index < -0.39 is 11.9 Å². The molecule has 20 heavy (non-hydrogen) atoms. The minimum Gasteiger partial charge on any atom is -0.481 e. The molecule has 1 aliphatic rings. The van der Waals surface area contributed by atoms with Gasteiger partial charge in [-0.05, 0) is 30.6 Å². The summed E-state index contributed by atoms with van der Waals surface area (Å²) in [6.07, 6.45) is 5.40. The fourth-order valence-electron chi connectivity index (χ4n) is 2.26. The van der Waals surface area contributed by atoms with Crippen LogP contribution in [0, 0.1) is 17.3 Å². The van der Waals surface area contributed by atoms with Crippen LogP contribution in [0.1, 0.15) is 52.9 Å². The summed E-state index contributed by atoms with van der Waals surface area (Å²) in [7, 11) is 0. The molecule has 116 valence electrons. The molecule has 0 bridgehead atoms. The van der Waals surface area contributed by atoms with E-state index in [-0.39, 0.29) is 18.0 Å². The topological polar surface area (TPSA) is 78.4 Å². The molecule has 1 saturated carbocycles. The first-order valence-corrected chi connectivity index (χ1v) is 7.52. The zero-order valence-corrected chi connectivity index (χ0v) is 12.9. The molecule has 1 rings (SSSR count). The van der Waals surface area contributed by atoms with Crippen LogP contribution >= 0.6 is 0 Å². The van der Waals surface area contributed by atoms with Crippen LogP contribution in [0.5, 0.6) is 0 Å². The highest BCUT2D eigenvalue weighted by molar-refractivity contribution is 5.75. The monoisotopic (exact) mass is 284 g/mol. The van der Waals surface area contributed by atoms with Gasteiger partial charge in [0.25, 0.3) is 0 Å². The van der Waals surface area contributed by atoms with Gasteiger partial charge in [-0.25, -0.2) is 4.79 Å². The second-order valence-electron chi connectivity index (χ2n) is 7.02. The number of carbonyl (C=O) groups is 2. The molecule has 1 aliphatic carbocycles. The van der Waals surface area contributed by atoms with E-state index in [1.807, 2.05) is 20.8 Å². The predicted octanol–water partition coefficient (Wildman–Crippen LogP) is 2.61. The molecule has 0 aromatic rings. The zero-order chi connectivity index (χ0) is 15.2. The highest BCUT2D eigenvalue weighted by Gasteiger charge is 2.25. The Balaban J connectivity index is 2.16. The second-order valence-corrected chi connectivity index (χ2v) is 7.02. The van der Waals surface area contributed by atoms with E-state index in [4.69, 9.17) is 5.11 Å². The van der Waals surface area contributed by atoms with E-state index in [9.17, 15) is 9.59 Å². The molecule has 1 atom stereocenters. The van der Waals surface area contributed by atoms with Crippen LogP contribution in [-0.2, 0) is 4.79 Å². The SMILES string of the molecule is CC(C)(C)CC(CNC(=O)NCCCC1CC1)C(=O)O. The number of nitrogens with one attached hydrogen (secondary N) is 2. The van der Waals surface area contributed by atoms with Crippen molar-refractivity contribution in [2.45, 2.75) is 52.9 Å². The van der Waals surface area contributed by atoms with Gasteiger partial charge in [-0.1, -0.05) is 33.6 Å². The standard InChI is InChI=1S/C15H28N2O3/c1-15(2,3)9-12(13(18)19)10-17-14(20)16-8-4-5-11-6-7-11/h11-12H,4-10H2,1-3H3,(H,18,19)(H2,16,17,20). The maximum absolute atomic E-state index is 11.6. The predicted molar refractivity (Wildman–Crippen MR) is 78.6 cm³/mol. The van der Waals surface area contributed by atoms with E-state index in [2.05, 4.69) is 10.6 Å². The Labute approximate surface area is 121 Å². The van der Waals surface area contributed by atoms with Crippen LogP contribution in [0.2, 0.25) is 0 Å². The lowest BCUT2D eigenvalue weighted by Gasteiger charge is -2.23. The maximum atomic E-state index is 11.6. The Bertz CT molecular complexity index is 333. The van der Waals surface area contributed by atoms with Crippen molar-refractivity contribution >= 4 is 12.0 Å². The van der Waals surface area contributed by atoms with Gasteiger partial charge in [-0.15, -0.1) is 0 Å². The lowest BCUT2D eigenvalue weighted by molar-refractivity contribution is -0.142. The Morgan fingerprint density at radius 2 is 1.90 bits per heavy atom. The van der Waals surface area contributed by atoms with Crippen LogP contribution in [-0.4, -0.2) is 30.2 Å². The Morgan fingerprint density at radius 1 is 1.25 bits per heavy atom. The molecule has 3 N–H and O–H groups in total. The molecule has 2 amide bonds. The first kappa shape index (κ1) is 16.8. The third kappa shape index (κ3) is 8.02. The van der Waals surface area contributed by atoms with Gasteiger partial charge in [0.2, 0.25) is 0 Å². The number of aliphatic carboxylic acids is 1. The van der Waals surface area contributed by atoms with E-state index in [1.165, 1.54) is 19.3 Å². The molecule has 0 radical (unpaired) electrons. The van der Waals surface area contributed by atoms with Gasteiger partial charge in [0.1, 0.15) is 0 Å². The van der Waals surface area contributed by atoms with Crippen molar-refractivity contribution in [3.8, 4) is 0 Å². The van der Waals surface area contributed by atoms with E-state index >= 15 is 0 Å². The fraction of sp³-hybridized carbons (Fsp3) is 0.867. The summed E-state index contributed by atoms with van der Waals surface area (Å²) in [4.78, 5) is 22.7. The highest BCUT2D eigenvalue weighted by Crippen LogP contribution is 2.33.